The number of nitro groups is 1. The van der Waals surface area contributed by atoms with E-state index in [1.807, 2.05) is 6.07 Å². The zero-order chi connectivity index (χ0) is 14.5. The maximum Gasteiger partial charge on any atom is 0.273 e. The van der Waals surface area contributed by atoms with Gasteiger partial charge in [-0.3, -0.25) is 10.1 Å². The summed E-state index contributed by atoms with van der Waals surface area (Å²) in [6.45, 7) is 0.108. The zero-order valence-corrected chi connectivity index (χ0v) is 11.7. The fourth-order valence-electron chi connectivity index (χ4n) is 1.53. The third-order valence-corrected chi connectivity index (χ3v) is 3.16. The van der Waals surface area contributed by atoms with Gasteiger partial charge in [-0.2, -0.15) is 5.26 Å². The average molecular weight is 334 g/mol. The van der Waals surface area contributed by atoms with Gasteiger partial charge in [-0.05, 0) is 28.1 Å². The summed E-state index contributed by atoms with van der Waals surface area (Å²) in [6.07, 6.45) is 1.52. The minimum absolute atomic E-state index is 0.0603. The van der Waals surface area contributed by atoms with Crippen LogP contribution >= 0.6 is 15.9 Å². The van der Waals surface area contributed by atoms with Crippen LogP contribution in [0, 0.1) is 21.4 Å². The Labute approximate surface area is 122 Å². The number of hydrogen-bond acceptors (Lipinski definition) is 5. The van der Waals surface area contributed by atoms with Gasteiger partial charge >= 0.3 is 0 Å². The van der Waals surface area contributed by atoms with Gasteiger partial charge < -0.3 is 4.74 Å². The van der Waals surface area contributed by atoms with Crippen molar-refractivity contribution < 1.29 is 9.66 Å². The Balaban J connectivity index is 2.21. The Morgan fingerprint density at radius 2 is 2.25 bits per heavy atom. The van der Waals surface area contributed by atoms with Crippen molar-refractivity contribution in [3.63, 3.8) is 0 Å². The van der Waals surface area contributed by atoms with Gasteiger partial charge in [0.15, 0.2) is 0 Å². The molecule has 0 aliphatic heterocycles. The van der Waals surface area contributed by atoms with Crippen LogP contribution in [0.1, 0.15) is 11.3 Å². The highest BCUT2D eigenvalue weighted by atomic mass is 79.9. The van der Waals surface area contributed by atoms with Crippen molar-refractivity contribution in [2.45, 2.75) is 6.61 Å². The van der Waals surface area contributed by atoms with Crippen LogP contribution in [0.4, 0.5) is 5.69 Å². The van der Waals surface area contributed by atoms with Crippen LogP contribution in [0.5, 0.6) is 5.75 Å². The molecule has 0 N–H and O–H groups in total. The molecule has 0 bridgehead atoms. The lowest BCUT2D eigenvalue weighted by Crippen LogP contribution is -2.00. The highest BCUT2D eigenvalue weighted by Crippen LogP contribution is 2.30. The Morgan fingerprint density at radius 1 is 1.45 bits per heavy atom. The minimum Gasteiger partial charge on any atom is -0.487 e. The second-order valence-electron chi connectivity index (χ2n) is 3.78. The maximum atomic E-state index is 10.7. The summed E-state index contributed by atoms with van der Waals surface area (Å²) in [5, 5.41) is 19.6. The third-order valence-electron chi connectivity index (χ3n) is 2.51. The number of halogens is 1. The normalized spacial score (nSPS) is 9.80. The fourth-order valence-corrected chi connectivity index (χ4v) is 1.89. The monoisotopic (exact) mass is 333 g/mol. The van der Waals surface area contributed by atoms with E-state index in [9.17, 15) is 10.1 Å². The van der Waals surface area contributed by atoms with E-state index in [2.05, 4.69) is 20.9 Å². The lowest BCUT2D eigenvalue weighted by atomic mass is 10.2. The number of rotatable bonds is 4. The molecule has 7 heteroatoms. The number of nitro benzene ring substituents is 1. The van der Waals surface area contributed by atoms with Gasteiger partial charge in [0, 0.05) is 17.8 Å². The van der Waals surface area contributed by atoms with E-state index in [1.54, 1.807) is 18.2 Å². The summed E-state index contributed by atoms with van der Waals surface area (Å²) in [4.78, 5) is 14.1. The molecule has 1 aromatic carbocycles. The molecule has 0 radical (unpaired) electrons. The molecule has 20 heavy (non-hydrogen) atoms. The lowest BCUT2D eigenvalue weighted by Gasteiger charge is -2.08. The van der Waals surface area contributed by atoms with E-state index in [0.29, 0.717) is 15.8 Å². The predicted molar refractivity (Wildman–Crippen MR) is 74.1 cm³/mol. The number of nitriles is 1. The lowest BCUT2D eigenvalue weighted by molar-refractivity contribution is -0.385. The Hall–Kier alpha value is -2.46. The van der Waals surface area contributed by atoms with Gasteiger partial charge in [0.25, 0.3) is 5.69 Å². The quantitative estimate of drug-likeness (QED) is 0.633. The first-order chi connectivity index (χ1) is 9.61. The van der Waals surface area contributed by atoms with Crippen LogP contribution in [0.2, 0.25) is 0 Å². The summed E-state index contributed by atoms with van der Waals surface area (Å²) in [6, 6.07) is 9.63. The number of hydrogen-bond donors (Lipinski definition) is 0. The van der Waals surface area contributed by atoms with Gasteiger partial charge in [-0.25, -0.2) is 4.98 Å². The largest absolute Gasteiger partial charge is 0.487 e. The molecule has 0 unspecified atom stereocenters. The Bertz CT molecular complexity index is 698. The topological polar surface area (TPSA) is 89.0 Å². The molecular formula is C13H8BrN3O3. The molecule has 2 aromatic rings. The first kappa shape index (κ1) is 14.0. The van der Waals surface area contributed by atoms with Crippen LogP contribution in [0.3, 0.4) is 0 Å². The smallest absolute Gasteiger partial charge is 0.273 e. The van der Waals surface area contributed by atoms with E-state index < -0.39 is 4.92 Å². The van der Waals surface area contributed by atoms with Gasteiger partial charge in [-0.15, -0.1) is 0 Å². The molecule has 100 valence electrons. The summed E-state index contributed by atoms with van der Waals surface area (Å²) in [5.74, 6) is 0.340. The van der Waals surface area contributed by atoms with Gasteiger partial charge in [-0.1, -0.05) is 6.07 Å². The van der Waals surface area contributed by atoms with E-state index in [4.69, 9.17) is 10.00 Å². The highest BCUT2D eigenvalue weighted by Gasteiger charge is 2.11. The average Bonchev–Trinajstić information content (AvgIpc) is 2.46. The second kappa shape index (κ2) is 6.12. The number of benzene rings is 1. The SMILES string of the molecule is N#Cc1ncccc1COc1cc([N+](=O)[O-])ccc1Br. The van der Waals surface area contributed by atoms with Crippen LogP contribution in [0.25, 0.3) is 0 Å². The Morgan fingerprint density at radius 3 is 2.95 bits per heavy atom. The predicted octanol–water partition coefficient (Wildman–Crippen LogP) is 3.20. The van der Waals surface area contributed by atoms with E-state index in [-0.39, 0.29) is 18.0 Å². The second-order valence-corrected chi connectivity index (χ2v) is 4.64. The number of ether oxygens (including phenoxy) is 1. The molecular weight excluding hydrogens is 326 g/mol. The van der Waals surface area contributed by atoms with Crippen molar-refractivity contribution in [3.05, 3.63) is 62.4 Å². The van der Waals surface area contributed by atoms with Crippen LogP contribution in [-0.2, 0) is 6.61 Å². The molecule has 0 saturated carbocycles. The van der Waals surface area contributed by atoms with Crippen molar-refractivity contribution in [1.82, 2.24) is 4.98 Å². The molecule has 2 rings (SSSR count). The number of nitrogens with zero attached hydrogens (tertiary/aromatic N) is 3. The van der Waals surface area contributed by atoms with Crippen molar-refractivity contribution >= 4 is 21.6 Å². The molecule has 6 nitrogen and oxygen atoms in total. The van der Waals surface area contributed by atoms with Crippen LogP contribution < -0.4 is 4.74 Å². The standard InChI is InChI=1S/C13H8BrN3O3/c14-11-4-3-10(17(18)19)6-13(11)20-8-9-2-1-5-16-12(9)7-15/h1-6H,8H2. The molecule has 1 heterocycles. The zero-order valence-electron chi connectivity index (χ0n) is 10.1. The molecule has 0 amide bonds. The Kier molecular flexibility index (Phi) is 4.27. The molecule has 0 aliphatic carbocycles. The summed E-state index contributed by atoms with van der Waals surface area (Å²) in [5.41, 5.74) is 0.831. The van der Waals surface area contributed by atoms with Gasteiger partial charge in [0.2, 0.25) is 0 Å². The molecule has 1 aromatic heterocycles. The maximum absolute atomic E-state index is 10.7. The molecule has 0 atom stereocenters. The number of non-ortho nitro benzene ring substituents is 1. The van der Waals surface area contributed by atoms with Crippen molar-refractivity contribution in [2.24, 2.45) is 0 Å². The number of pyridine rings is 1. The first-order valence-corrected chi connectivity index (χ1v) is 6.32. The van der Waals surface area contributed by atoms with Gasteiger partial charge in [0.1, 0.15) is 24.1 Å². The molecule has 0 aliphatic rings. The summed E-state index contributed by atoms with van der Waals surface area (Å²) in [7, 11) is 0. The molecule has 0 saturated heterocycles. The van der Waals surface area contributed by atoms with E-state index in [0.717, 1.165) is 0 Å². The van der Waals surface area contributed by atoms with Crippen molar-refractivity contribution in [3.8, 4) is 11.8 Å². The molecule has 0 spiro atoms. The number of aromatic nitrogens is 1. The minimum atomic E-state index is -0.496. The third kappa shape index (κ3) is 3.10. The summed E-state index contributed by atoms with van der Waals surface area (Å²) < 4.78 is 6.12. The van der Waals surface area contributed by atoms with E-state index in [1.165, 1.54) is 18.3 Å². The molecule has 0 fully saturated rings. The summed E-state index contributed by atoms with van der Waals surface area (Å²) >= 11 is 3.26. The van der Waals surface area contributed by atoms with Crippen LogP contribution in [0.15, 0.2) is 41.0 Å². The van der Waals surface area contributed by atoms with Crippen molar-refractivity contribution in [2.75, 3.05) is 0 Å². The van der Waals surface area contributed by atoms with E-state index >= 15 is 0 Å². The van der Waals surface area contributed by atoms with Crippen LogP contribution in [-0.4, -0.2) is 9.91 Å². The fraction of sp³-hybridized carbons (Fsp3) is 0.0769. The van der Waals surface area contributed by atoms with Gasteiger partial charge in [0.05, 0.1) is 15.5 Å². The highest BCUT2D eigenvalue weighted by molar-refractivity contribution is 9.10. The first-order valence-electron chi connectivity index (χ1n) is 5.52. The van der Waals surface area contributed by atoms with Crippen molar-refractivity contribution in [1.29, 1.82) is 5.26 Å².